The van der Waals surface area contributed by atoms with Gasteiger partial charge in [0.25, 0.3) is 0 Å². The van der Waals surface area contributed by atoms with Gasteiger partial charge < -0.3 is 15.7 Å². The lowest BCUT2D eigenvalue weighted by Gasteiger charge is -2.26. The summed E-state index contributed by atoms with van der Waals surface area (Å²) < 4.78 is 0. The van der Waals surface area contributed by atoms with Gasteiger partial charge in [-0.15, -0.1) is 0 Å². The Hall–Kier alpha value is -0.120. The molecule has 82 valence electrons. The second-order valence-electron chi connectivity index (χ2n) is 4.90. The molecule has 0 aromatic carbocycles. The van der Waals surface area contributed by atoms with Crippen LogP contribution in [0.15, 0.2) is 0 Å². The van der Waals surface area contributed by atoms with Crippen molar-refractivity contribution in [2.24, 2.45) is 5.41 Å². The van der Waals surface area contributed by atoms with Gasteiger partial charge in [-0.1, -0.05) is 0 Å². The summed E-state index contributed by atoms with van der Waals surface area (Å²) in [6.45, 7) is 3.76. The van der Waals surface area contributed by atoms with Gasteiger partial charge in [-0.25, -0.2) is 0 Å². The van der Waals surface area contributed by atoms with Crippen molar-refractivity contribution in [2.45, 2.75) is 38.1 Å². The average Bonchev–Trinajstić information content (AvgIpc) is 2.98. The van der Waals surface area contributed by atoms with Crippen LogP contribution >= 0.6 is 0 Å². The predicted octanol–water partition coefficient (Wildman–Crippen LogP) is 0.491. The van der Waals surface area contributed by atoms with Crippen LogP contribution in [0, 0.1) is 5.41 Å². The summed E-state index contributed by atoms with van der Waals surface area (Å²) in [4.78, 5) is 0. The lowest BCUT2D eigenvalue weighted by atomic mass is 10.0. The van der Waals surface area contributed by atoms with E-state index in [1.54, 1.807) is 0 Å². The molecule has 1 aliphatic carbocycles. The van der Waals surface area contributed by atoms with Crippen molar-refractivity contribution >= 4 is 0 Å². The third-order valence-corrected chi connectivity index (χ3v) is 3.66. The fraction of sp³-hybridized carbons (Fsp3) is 1.00. The van der Waals surface area contributed by atoms with Gasteiger partial charge in [-0.3, -0.25) is 0 Å². The first-order chi connectivity index (χ1) is 6.85. The number of piperidine rings is 1. The Morgan fingerprint density at radius 2 is 2.29 bits per heavy atom. The summed E-state index contributed by atoms with van der Waals surface area (Å²) in [7, 11) is 0. The topological polar surface area (TPSA) is 44.3 Å². The molecule has 0 bridgehead atoms. The van der Waals surface area contributed by atoms with Gasteiger partial charge in [0.2, 0.25) is 0 Å². The maximum atomic E-state index is 8.94. The molecule has 2 fully saturated rings. The van der Waals surface area contributed by atoms with Crippen LogP contribution in [0.5, 0.6) is 0 Å². The highest BCUT2D eigenvalue weighted by molar-refractivity contribution is 4.95. The van der Waals surface area contributed by atoms with Crippen LogP contribution in [0.3, 0.4) is 0 Å². The van der Waals surface area contributed by atoms with E-state index in [2.05, 4.69) is 10.6 Å². The van der Waals surface area contributed by atoms with Crippen LogP contribution in [-0.4, -0.2) is 37.4 Å². The number of aliphatic hydroxyl groups excluding tert-OH is 1. The summed E-state index contributed by atoms with van der Waals surface area (Å²) >= 11 is 0. The number of nitrogens with one attached hydrogen (secondary N) is 2. The highest BCUT2D eigenvalue weighted by Gasteiger charge is 2.41. The highest BCUT2D eigenvalue weighted by Crippen LogP contribution is 2.47. The zero-order chi connectivity index (χ0) is 9.86. The van der Waals surface area contributed by atoms with Gasteiger partial charge >= 0.3 is 0 Å². The zero-order valence-electron chi connectivity index (χ0n) is 8.89. The van der Waals surface area contributed by atoms with Gasteiger partial charge in [0.05, 0.1) is 0 Å². The highest BCUT2D eigenvalue weighted by atomic mass is 16.3. The molecule has 1 aliphatic heterocycles. The van der Waals surface area contributed by atoms with Crippen molar-refractivity contribution < 1.29 is 5.11 Å². The number of hydrogen-bond acceptors (Lipinski definition) is 3. The second-order valence-corrected chi connectivity index (χ2v) is 4.90. The maximum absolute atomic E-state index is 8.94. The van der Waals surface area contributed by atoms with Crippen LogP contribution in [0.4, 0.5) is 0 Å². The molecule has 1 heterocycles. The van der Waals surface area contributed by atoms with E-state index >= 15 is 0 Å². The van der Waals surface area contributed by atoms with Crippen molar-refractivity contribution in [3.8, 4) is 0 Å². The molecule has 0 aromatic rings. The molecule has 1 saturated heterocycles. The Kier molecular flexibility index (Phi) is 3.42. The Balaban J connectivity index is 1.65. The quantitative estimate of drug-likeness (QED) is 0.602. The molecule has 1 unspecified atom stereocenters. The molecule has 1 atom stereocenters. The monoisotopic (exact) mass is 198 g/mol. The standard InChI is InChI=1S/C11H22N2O/c14-7-5-11(3-4-11)9-13-10-2-1-6-12-8-10/h10,12-14H,1-9H2. The number of rotatable bonds is 5. The van der Waals surface area contributed by atoms with Crippen LogP contribution in [-0.2, 0) is 0 Å². The van der Waals surface area contributed by atoms with Crippen LogP contribution in [0.25, 0.3) is 0 Å². The van der Waals surface area contributed by atoms with Crippen LogP contribution < -0.4 is 10.6 Å². The van der Waals surface area contributed by atoms with Crippen molar-refractivity contribution in [3.05, 3.63) is 0 Å². The Morgan fingerprint density at radius 1 is 1.43 bits per heavy atom. The zero-order valence-corrected chi connectivity index (χ0v) is 8.89. The molecule has 0 amide bonds. The van der Waals surface area contributed by atoms with E-state index < -0.39 is 0 Å². The average molecular weight is 198 g/mol. The first-order valence-electron chi connectivity index (χ1n) is 5.90. The van der Waals surface area contributed by atoms with Crippen molar-refractivity contribution in [1.29, 1.82) is 0 Å². The molecule has 0 spiro atoms. The van der Waals surface area contributed by atoms with Gasteiger partial charge in [0.15, 0.2) is 0 Å². The molecular weight excluding hydrogens is 176 g/mol. The minimum Gasteiger partial charge on any atom is -0.396 e. The predicted molar refractivity (Wildman–Crippen MR) is 57.3 cm³/mol. The molecule has 2 rings (SSSR count). The molecular formula is C11H22N2O. The van der Waals surface area contributed by atoms with E-state index in [0.717, 1.165) is 19.5 Å². The van der Waals surface area contributed by atoms with E-state index in [1.165, 1.54) is 32.2 Å². The number of aliphatic hydroxyl groups is 1. The molecule has 0 aromatic heterocycles. The van der Waals surface area contributed by atoms with E-state index in [0.29, 0.717) is 18.1 Å². The summed E-state index contributed by atoms with van der Waals surface area (Å²) in [5.41, 5.74) is 0.464. The van der Waals surface area contributed by atoms with E-state index in [-0.39, 0.29) is 0 Å². The van der Waals surface area contributed by atoms with Gasteiger partial charge in [-0.2, -0.15) is 0 Å². The minimum atomic E-state index is 0.352. The van der Waals surface area contributed by atoms with Crippen molar-refractivity contribution in [2.75, 3.05) is 26.2 Å². The van der Waals surface area contributed by atoms with Gasteiger partial charge in [0.1, 0.15) is 0 Å². The Morgan fingerprint density at radius 3 is 2.86 bits per heavy atom. The summed E-state index contributed by atoms with van der Waals surface area (Å²) in [6.07, 6.45) is 6.20. The van der Waals surface area contributed by atoms with Crippen LogP contribution in [0.1, 0.15) is 32.1 Å². The van der Waals surface area contributed by atoms with Gasteiger partial charge in [0, 0.05) is 25.7 Å². The van der Waals surface area contributed by atoms with Crippen LogP contribution in [0.2, 0.25) is 0 Å². The van der Waals surface area contributed by atoms with Crippen molar-refractivity contribution in [3.63, 3.8) is 0 Å². The molecule has 3 N–H and O–H groups in total. The van der Waals surface area contributed by atoms with Gasteiger partial charge in [-0.05, 0) is 44.1 Å². The molecule has 3 heteroatoms. The maximum Gasteiger partial charge on any atom is 0.0436 e. The third kappa shape index (κ3) is 2.69. The SMILES string of the molecule is OCCC1(CNC2CCCNC2)CC1. The van der Waals surface area contributed by atoms with E-state index in [9.17, 15) is 0 Å². The summed E-state index contributed by atoms with van der Waals surface area (Å²) in [5.74, 6) is 0. The summed E-state index contributed by atoms with van der Waals surface area (Å²) in [5, 5.41) is 16.0. The Bertz CT molecular complexity index is 174. The largest absolute Gasteiger partial charge is 0.396 e. The summed E-state index contributed by atoms with van der Waals surface area (Å²) in [6, 6.07) is 0.667. The van der Waals surface area contributed by atoms with E-state index in [1.807, 2.05) is 0 Å². The smallest absolute Gasteiger partial charge is 0.0436 e. The molecule has 2 aliphatic rings. The fourth-order valence-corrected chi connectivity index (χ4v) is 2.32. The normalized spacial score (nSPS) is 30.2. The minimum absolute atomic E-state index is 0.352. The molecule has 3 nitrogen and oxygen atoms in total. The fourth-order valence-electron chi connectivity index (χ4n) is 2.32. The molecule has 14 heavy (non-hydrogen) atoms. The lowest BCUT2D eigenvalue weighted by Crippen LogP contribution is -2.45. The molecule has 0 radical (unpaired) electrons. The lowest BCUT2D eigenvalue weighted by molar-refractivity contribution is 0.239. The first kappa shape index (κ1) is 10.4. The second kappa shape index (κ2) is 4.60. The third-order valence-electron chi connectivity index (χ3n) is 3.66. The van der Waals surface area contributed by atoms with E-state index in [4.69, 9.17) is 5.11 Å². The molecule has 1 saturated carbocycles. The number of hydrogen-bond donors (Lipinski definition) is 3. The Labute approximate surface area is 86.3 Å². The first-order valence-corrected chi connectivity index (χ1v) is 5.90. The van der Waals surface area contributed by atoms with Crippen molar-refractivity contribution in [1.82, 2.24) is 10.6 Å².